The van der Waals surface area contributed by atoms with E-state index in [2.05, 4.69) is 59.1 Å². The minimum Gasteiger partial charge on any atom is -0.494 e. The number of ether oxygens (including phenoxy) is 8. The van der Waals surface area contributed by atoms with Gasteiger partial charge in [0.05, 0.1) is 18.2 Å². The number of benzene rings is 2. The summed E-state index contributed by atoms with van der Waals surface area (Å²) in [6.45, 7) is 22.2. The summed E-state index contributed by atoms with van der Waals surface area (Å²) in [4.78, 5) is 0. The highest BCUT2D eigenvalue weighted by molar-refractivity contribution is 6.33. The van der Waals surface area contributed by atoms with Gasteiger partial charge in [-0.05, 0) is 68.4 Å². The molecule has 0 saturated carbocycles. The first-order valence-corrected chi connectivity index (χ1v) is 20.0. The lowest BCUT2D eigenvalue weighted by atomic mass is 9.88. The third-order valence-electron chi connectivity index (χ3n) is 8.89. The predicted octanol–water partition coefficient (Wildman–Crippen LogP) is 10.3. The number of hydrogen-bond acceptors (Lipinski definition) is 8. The summed E-state index contributed by atoms with van der Waals surface area (Å²) in [6, 6.07) is 10.1. The van der Waals surface area contributed by atoms with Gasteiger partial charge in [0.1, 0.15) is 49.5 Å². The van der Waals surface area contributed by atoms with E-state index < -0.39 is 30.5 Å². The highest BCUT2D eigenvalue weighted by Crippen LogP contribution is 2.48. The average molecular weight is 745 g/mol. The molecular formula is C43H65ClO8. The van der Waals surface area contributed by atoms with E-state index in [1.807, 2.05) is 19.1 Å². The van der Waals surface area contributed by atoms with Gasteiger partial charge in [-0.15, -0.1) is 0 Å². The minimum atomic E-state index is -0.614. The molecule has 0 bridgehead atoms. The Balaban J connectivity index is 2.25. The summed E-state index contributed by atoms with van der Waals surface area (Å²) in [5.41, 5.74) is 2.70. The van der Waals surface area contributed by atoms with E-state index in [9.17, 15) is 0 Å². The summed E-state index contributed by atoms with van der Waals surface area (Å²) >= 11 is 7.22. The van der Waals surface area contributed by atoms with Crippen LogP contribution in [0.25, 0.3) is 0 Å². The van der Waals surface area contributed by atoms with Crippen LogP contribution < -0.4 is 14.2 Å². The normalized spacial score (nSPS) is 20.1. The van der Waals surface area contributed by atoms with Crippen LogP contribution in [-0.2, 0) is 30.1 Å². The maximum absolute atomic E-state index is 7.22. The lowest BCUT2D eigenvalue weighted by Crippen LogP contribution is -2.58. The van der Waals surface area contributed by atoms with E-state index in [1.165, 1.54) is 0 Å². The third kappa shape index (κ3) is 13.4. The number of halogens is 1. The SMILES string of the molecule is C=CCOc1c([C@@H]2O[C@H](COCCCC)[C@@H](OCCCC)[C@H](OCCCC)[C@H]2OCCCC)cc(Cc2ccc(OCC)cc2)c(Cl)c1OCC=C. The van der Waals surface area contributed by atoms with E-state index >= 15 is 0 Å². The van der Waals surface area contributed by atoms with Crippen molar-refractivity contribution < 1.29 is 37.9 Å². The number of rotatable bonds is 28. The minimum absolute atomic E-state index is 0.238. The van der Waals surface area contributed by atoms with Gasteiger partial charge in [-0.1, -0.05) is 102 Å². The zero-order valence-electron chi connectivity index (χ0n) is 32.5. The first kappa shape index (κ1) is 43.8. The summed E-state index contributed by atoms with van der Waals surface area (Å²) in [5, 5.41) is 0.466. The van der Waals surface area contributed by atoms with Crippen molar-refractivity contribution in [1.29, 1.82) is 0 Å². The molecule has 0 spiro atoms. The van der Waals surface area contributed by atoms with E-state index in [-0.39, 0.29) is 13.2 Å². The van der Waals surface area contributed by atoms with Crippen LogP contribution in [0.15, 0.2) is 55.6 Å². The largest absolute Gasteiger partial charge is 0.494 e. The Hall–Kier alpha value is -2.59. The summed E-state index contributed by atoms with van der Waals surface area (Å²) in [7, 11) is 0. The second-order valence-electron chi connectivity index (χ2n) is 13.1. The molecule has 8 nitrogen and oxygen atoms in total. The quantitative estimate of drug-likeness (QED) is 0.0630. The van der Waals surface area contributed by atoms with Crippen molar-refractivity contribution in [2.75, 3.05) is 52.9 Å². The van der Waals surface area contributed by atoms with Crippen LogP contribution in [0.1, 0.15) is 109 Å². The standard InChI is InChI=1S/C43H65ClO8/c1-8-15-25-45-31-36-40(49-26-16-9-2)43(51-28-18-11-4)42(50-27-17-10-3)39(52-36)35-30-33(29-32-19-21-34(22-20-32)46-14-7)37(44)41(48-24-13-6)38(35)47-23-12-5/h12-13,19-22,30,36,39-40,42-43H,5-6,8-11,14-18,23-29,31H2,1-4,7H3/t36-,39+,40-,42+,43+/m1/s1. The molecule has 0 unspecified atom stereocenters. The van der Waals surface area contributed by atoms with E-state index in [1.54, 1.807) is 12.2 Å². The van der Waals surface area contributed by atoms with Crippen molar-refractivity contribution in [3.05, 3.63) is 77.4 Å². The fraction of sp³-hybridized carbons (Fsp3) is 0.628. The molecule has 1 aliphatic heterocycles. The molecule has 1 saturated heterocycles. The Morgan fingerprint density at radius 3 is 1.83 bits per heavy atom. The first-order chi connectivity index (χ1) is 25.5. The lowest BCUT2D eigenvalue weighted by molar-refractivity contribution is -0.268. The fourth-order valence-corrected chi connectivity index (χ4v) is 6.36. The van der Waals surface area contributed by atoms with Crippen molar-refractivity contribution in [1.82, 2.24) is 0 Å². The van der Waals surface area contributed by atoms with Crippen LogP contribution in [0.5, 0.6) is 17.2 Å². The molecule has 5 atom stereocenters. The van der Waals surface area contributed by atoms with Crippen LogP contribution in [0.4, 0.5) is 0 Å². The van der Waals surface area contributed by atoms with Gasteiger partial charge in [0.25, 0.3) is 0 Å². The average Bonchev–Trinajstić information content (AvgIpc) is 3.15. The summed E-state index contributed by atoms with van der Waals surface area (Å²) in [5.74, 6) is 1.73. The van der Waals surface area contributed by atoms with Crippen LogP contribution in [0, 0.1) is 0 Å². The first-order valence-electron chi connectivity index (χ1n) is 19.6. The second-order valence-corrected chi connectivity index (χ2v) is 13.5. The van der Waals surface area contributed by atoms with E-state index in [4.69, 9.17) is 49.5 Å². The molecule has 0 aromatic heterocycles. The van der Waals surface area contributed by atoms with Gasteiger partial charge in [-0.2, -0.15) is 0 Å². The van der Waals surface area contributed by atoms with Crippen molar-refractivity contribution >= 4 is 11.6 Å². The van der Waals surface area contributed by atoms with E-state index in [0.717, 1.165) is 73.8 Å². The third-order valence-corrected chi connectivity index (χ3v) is 9.30. The predicted molar refractivity (Wildman–Crippen MR) is 211 cm³/mol. The van der Waals surface area contributed by atoms with Crippen molar-refractivity contribution in [3.8, 4) is 17.2 Å². The maximum Gasteiger partial charge on any atom is 0.180 e. The van der Waals surface area contributed by atoms with Crippen LogP contribution in [0.3, 0.4) is 0 Å². The molecule has 1 fully saturated rings. The summed E-state index contributed by atoms with van der Waals surface area (Å²) < 4.78 is 52.1. The molecule has 3 rings (SSSR count). The van der Waals surface area contributed by atoms with Crippen LogP contribution in [0.2, 0.25) is 5.02 Å². The molecule has 1 aliphatic rings. The van der Waals surface area contributed by atoms with Gasteiger partial charge in [-0.25, -0.2) is 0 Å². The van der Waals surface area contributed by atoms with Gasteiger partial charge in [0.2, 0.25) is 0 Å². The number of hydrogen-bond donors (Lipinski definition) is 0. The van der Waals surface area contributed by atoms with Crippen LogP contribution >= 0.6 is 11.6 Å². The van der Waals surface area contributed by atoms with Gasteiger partial charge < -0.3 is 37.9 Å². The zero-order chi connectivity index (χ0) is 37.6. The fourth-order valence-electron chi connectivity index (χ4n) is 6.10. The lowest BCUT2D eigenvalue weighted by Gasteiger charge is -2.47. The highest BCUT2D eigenvalue weighted by atomic mass is 35.5. The Labute approximate surface area is 319 Å². The Kier molecular flexibility index (Phi) is 21.4. The monoisotopic (exact) mass is 744 g/mol. The smallest absolute Gasteiger partial charge is 0.180 e. The second kappa shape index (κ2) is 25.4. The number of unbranched alkanes of at least 4 members (excludes halogenated alkanes) is 4. The topological polar surface area (TPSA) is 73.8 Å². The van der Waals surface area contributed by atoms with Crippen molar-refractivity contribution in [2.45, 2.75) is 123 Å². The maximum atomic E-state index is 7.22. The molecule has 2 aromatic carbocycles. The molecule has 0 radical (unpaired) electrons. The summed E-state index contributed by atoms with van der Waals surface area (Å²) in [6.07, 6.45) is 9.35. The molecule has 292 valence electrons. The molecule has 52 heavy (non-hydrogen) atoms. The van der Waals surface area contributed by atoms with Gasteiger partial charge in [0, 0.05) is 32.0 Å². The highest BCUT2D eigenvalue weighted by Gasteiger charge is 2.50. The molecule has 1 heterocycles. The van der Waals surface area contributed by atoms with Crippen molar-refractivity contribution in [3.63, 3.8) is 0 Å². The zero-order valence-corrected chi connectivity index (χ0v) is 33.3. The Morgan fingerprint density at radius 1 is 0.692 bits per heavy atom. The van der Waals surface area contributed by atoms with Gasteiger partial charge in [-0.3, -0.25) is 0 Å². The molecule has 0 aliphatic carbocycles. The van der Waals surface area contributed by atoms with E-state index in [0.29, 0.717) is 62.6 Å². The molecule has 0 N–H and O–H groups in total. The van der Waals surface area contributed by atoms with Crippen LogP contribution in [-0.4, -0.2) is 77.3 Å². The molecule has 0 amide bonds. The molecule has 2 aromatic rings. The molecule has 9 heteroatoms. The molecular weight excluding hydrogens is 680 g/mol. The van der Waals surface area contributed by atoms with Gasteiger partial charge in [0.15, 0.2) is 11.5 Å². The van der Waals surface area contributed by atoms with Gasteiger partial charge >= 0.3 is 0 Å². The Morgan fingerprint density at radius 2 is 1.25 bits per heavy atom. The Bertz CT molecular complexity index is 1280. The van der Waals surface area contributed by atoms with Crippen molar-refractivity contribution in [2.24, 2.45) is 0 Å².